The van der Waals surface area contributed by atoms with E-state index in [0.717, 1.165) is 51.3 Å². The van der Waals surface area contributed by atoms with Crippen LogP contribution in [0.2, 0.25) is 0 Å². The van der Waals surface area contributed by atoms with Crippen molar-refractivity contribution in [3.63, 3.8) is 0 Å². The number of morpholine rings is 1. The second-order valence-corrected chi connectivity index (χ2v) is 8.02. The van der Waals surface area contributed by atoms with Gasteiger partial charge < -0.3 is 14.4 Å². The summed E-state index contributed by atoms with van der Waals surface area (Å²) < 4.78 is 10.9. The summed E-state index contributed by atoms with van der Waals surface area (Å²) in [6.45, 7) is 5.91. The summed E-state index contributed by atoms with van der Waals surface area (Å²) in [5.41, 5.74) is 1.42. The van der Waals surface area contributed by atoms with Crippen LogP contribution in [0.5, 0.6) is 5.75 Å². The molecule has 4 rings (SSSR count). The average Bonchev–Trinajstić information content (AvgIpc) is 3.29. The molecule has 142 valence electrons. The zero-order chi connectivity index (χ0) is 18.0. The second-order valence-electron chi connectivity index (χ2n) is 8.02. The third-order valence-electron chi connectivity index (χ3n) is 6.58. The Morgan fingerprint density at radius 2 is 2.04 bits per heavy atom. The van der Waals surface area contributed by atoms with Crippen LogP contribution in [0, 0.1) is 11.3 Å². The van der Waals surface area contributed by atoms with E-state index in [4.69, 9.17) is 9.47 Å². The first-order valence-corrected chi connectivity index (χ1v) is 9.93. The Labute approximate surface area is 156 Å². The number of carbonyl (C=O) groups is 1. The minimum Gasteiger partial charge on any atom is -0.496 e. The van der Waals surface area contributed by atoms with Crippen molar-refractivity contribution in [2.45, 2.75) is 32.2 Å². The first-order chi connectivity index (χ1) is 12.7. The topological polar surface area (TPSA) is 42.0 Å². The van der Waals surface area contributed by atoms with Crippen molar-refractivity contribution < 1.29 is 14.3 Å². The van der Waals surface area contributed by atoms with Gasteiger partial charge >= 0.3 is 0 Å². The lowest BCUT2D eigenvalue weighted by Gasteiger charge is -2.36. The Kier molecular flexibility index (Phi) is 5.18. The van der Waals surface area contributed by atoms with Crippen LogP contribution in [0.4, 0.5) is 0 Å². The third-order valence-corrected chi connectivity index (χ3v) is 6.58. The quantitative estimate of drug-likeness (QED) is 0.830. The predicted molar refractivity (Wildman–Crippen MR) is 100 cm³/mol. The molecule has 1 aliphatic carbocycles. The largest absolute Gasteiger partial charge is 0.496 e. The maximum Gasteiger partial charge on any atom is 0.226 e. The molecule has 2 atom stereocenters. The average molecular weight is 358 g/mol. The van der Waals surface area contributed by atoms with Gasteiger partial charge in [-0.1, -0.05) is 24.6 Å². The van der Waals surface area contributed by atoms with Crippen LogP contribution in [-0.4, -0.2) is 62.2 Å². The molecule has 1 amide bonds. The van der Waals surface area contributed by atoms with Crippen molar-refractivity contribution >= 4 is 5.91 Å². The first-order valence-electron chi connectivity index (χ1n) is 9.93. The molecule has 0 N–H and O–H groups in total. The molecule has 0 radical (unpaired) electrons. The number of likely N-dealkylation sites (tertiary alicyclic amines) is 1. The minimum absolute atomic E-state index is 0.178. The summed E-state index contributed by atoms with van der Waals surface area (Å²) in [5, 5.41) is 0. The fraction of sp³-hybridized carbons (Fsp3) is 0.667. The van der Waals surface area contributed by atoms with Crippen LogP contribution in [0.25, 0.3) is 0 Å². The van der Waals surface area contributed by atoms with Gasteiger partial charge in [-0.2, -0.15) is 0 Å². The van der Waals surface area contributed by atoms with Crippen molar-refractivity contribution in [1.29, 1.82) is 0 Å². The third kappa shape index (κ3) is 3.35. The highest BCUT2D eigenvalue weighted by atomic mass is 16.5. The van der Waals surface area contributed by atoms with Gasteiger partial charge in [-0.3, -0.25) is 9.69 Å². The highest BCUT2D eigenvalue weighted by molar-refractivity contribution is 5.80. The van der Waals surface area contributed by atoms with E-state index in [2.05, 4.69) is 17.0 Å². The number of nitrogens with zero attached hydrogens (tertiary/aromatic N) is 2. The Hall–Kier alpha value is -1.59. The van der Waals surface area contributed by atoms with Gasteiger partial charge in [0.05, 0.1) is 20.3 Å². The van der Waals surface area contributed by atoms with Gasteiger partial charge in [0.1, 0.15) is 5.75 Å². The lowest BCUT2D eigenvalue weighted by atomic mass is 9.76. The van der Waals surface area contributed by atoms with Gasteiger partial charge in [0.25, 0.3) is 0 Å². The van der Waals surface area contributed by atoms with Crippen LogP contribution < -0.4 is 4.74 Å². The highest BCUT2D eigenvalue weighted by Gasteiger charge is 2.51. The molecule has 2 heterocycles. The van der Waals surface area contributed by atoms with Gasteiger partial charge in [0, 0.05) is 37.7 Å². The molecule has 1 aromatic carbocycles. The molecule has 26 heavy (non-hydrogen) atoms. The highest BCUT2D eigenvalue weighted by Crippen LogP contribution is 2.50. The maximum absolute atomic E-state index is 13.2. The van der Waals surface area contributed by atoms with E-state index in [-0.39, 0.29) is 11.3 Å². The molecule has 3 fully saturated rings. The zero-order valence-electron chi connectivity index (χ0n) is 15.8. The number of methoxy groups -OCH3 is 1. The van der Waals surface area contributed by atoms with Crippen molar-refractivity contribution in [2.75, 3.05) is 46.5 Å². The van der Waals surface area contributed by atoms with Gasteiger partial charge in [-0.05, 0) is 37.3 Å². The van der Waals surface area contributed by atoms with Gasteiger partial charge in [-0.15, -0.1) is 0 Å². The smallest absolute Gasteiger partial charge is 0.226 e. The molecule has 2 aliphatic heterocycles. The fourth-order valence-corrected chi connectivity index (χ4v) is 5.21. The maximum atomic E-state index is 13.2. The summed E-state index contributed by atoms with van der Waals surface area (Å²) in [4.78, 5) is 17.7. The molecule has 3 aliphatic rings. The molecule has 0 unspecified atom stereocenters. The van der Waals surface area contributed by atoms with Gasteiger partial charge in [0.15, 0.2) is 0 Å². The summed E-state index contributed by atoms with van der Waals surface area (Å²) in [7, 11) is 1.73. The summed E-state index contributed by atoms with van der Waals surface area (Å²) >= 11 is 0. The molecule has 1 aromatic rings. The van der Waals surface area contributed by atoms with Crippen molar-refractivity contribution in [3.05, 3.63) is 29.8 Å². The van der Waals surface area contributed by atoms with E-state index >= 15 is 0 Å². The van der Waals surface area contributed by atoms with Crippen molar-refractivity contribution in [1.82, 2.24) is 9.80 Å². The van der Waals surface area contributed by atoms with Crippen LogP contribution >= 0.6 is 0 Å². The molecule has 0 aromatic heterocycles. The molecule has 2 saturated heterocycles. The van der Waals surface area contributed by atoms with E-state index in [1.165, 1.54) is 18.4 Å². The number of ether oxygens (including phenoxy) is 2. The standard InChI is InChI=1S/C21H30N2O3/c1-25-19-7-3-2-5-17(19)15-22-10-9-21(16-22)8-4-6-18(21)20(24)23-11-13-26-14-12-23/h2-3,5,7,18H,4,6,8-16H2,1H3/t18-,21+/m1/s1. The Bertz CT molecular complexity index is 644. The molecule has 1 spiro atoms. The SMILES string of the molecule is COc1ccccc1CN1CC[C@@]2(CCC[C@@H]2C(=O)N2CCOCC2)C1. The predicted octanol–water partition coefficient (Wildman–Crippen LogP) is 2.55. The minimum atomic E-state index is 0.178. The monoisotopic (exact) mass is 358 g/mol. The number of amides is 1. The summed E-state index contributed by atoms with van der Waals surface area (Å²) in [6.07, 6.45) is 4.57. The normalized spacial score (nSPS) is 29.4. The Balaban J connectivity index is 1.44. The number of para-hydroxylation sites is 1. The second kappa shape index (κ2) is 7.57. The van der Waals surface area contributed by atoms with Gasteiger partial charge in [-0.25, -0.2) is 0 Å². The summed E-state index contributed by atoms with van der Waals surface area (Å²) in [5.74, 6) is 1.54. The number of benzene rings is 1. The van der Waals surface area contributed by atoms with E-state index in [9.17, 15) is 4.79 Å². The molecule has 5 heteroatoms. The lowest BCUT2D eigenvalue weighted by Crippen LogP contribution is -2.47. The molecule has 0 bridgehead atoms. The molecular formula is C21H30N2O3. The fourth-order valence-electron chi connectivity index (χ4n) is 5.21. The van der Waals surface area contributed by atoms with E-state index in [0.29, 0.717) is 19.1 Å². The van der Waals surface area contributed by atoms with Crippen molar-refractivity contribution in [3.8, 4) is 5.75 Å². The number of carbonyl (C=O) groups excluding carboxylic acids is 1. The lowest BCUT2D eigenvalue weighted by molar-refractivity contribution is -0.143. The van der Waals surface area contributed by atoms with Crippen LogP contribution in [-0.2, 0) is 16.1 Å². The Morgan fingerprint density at radius 3 is 2.85 bits per heavy atom. The first kappa shape index (κ1) is 17.8. The molecule has 5 nitrogen and oxygen atoms in total. The number of rotatable bonds is 4. The zero-order valence-corrected chi connectivity index (χ0v) is 15.8. The van der Waals surface area contributed by atoms with Crippen molar-refractivity contribution in [2.24, 2.45) is 11.3 Å². The van der Waals surface area contributed by atoms with Crippen LogP contribution in [0.3, 0.4) is 0 Å². The van der Waals surface area contributed by atoms with Crippen LogP contribution in [0.1, 0.15) is 31.2 Å². The molecular weight excluding hydrogens is 328 g/mol. The van der Waals surface area contributed by atoms with E-state index in [1.807, 2.05) is 17.0 Å². The van der Waals surface area contributed by atoms with E-state index in [1.54, 1.807) is 7.11 Å². The number of hydrogen-bond donors (Lipinski definition) is 0. The summed E-state index contributed by atoms with van der Waals surface area (Å²) in [6, 6.07) is 8.27. The molecule has 1 saturated carbocycles. The van der Waals surface area contributed by atoms with Gasteiger partial charge in [0.2, 0.25) is 5.91 Å². The van der Waals surface area contributed by atoms with E-state index < -0.39 is 0 Å². The Morgan fingerprint density at radius 1 is 1.23 bits per heavy atom. The number of hydrogen-bond acceptors (Lipinski definition) is 4. The van der Waals surface area contributed by atoms with Crippen LogP contribution in [0.15, 0.2) is 24.3 Å².